The van der Waals surface area contributed by atoms with Gasteiger partial charge in [0.05, 0.1) is 6.67 Å². The Morgan fingerprint density at radius 3 is 2.12 bits per heavy atom. The zero-order chi connectivity index (χ0) is 40.0. The molecule has 3 N–H and O–H groups in total. The Kier molecular flexibility index (Phi) is 12.2. The fraction of sp³-hybridized carbons (Fsp3) is 0.383. The summed E-state index contributed by atoms with van der Waals surface area (Å²) in [5.41, 5.74) is 8.36. The normalized spacial score (nSPS) is 20.1. The molecule has 0 aliphatic carbocycles. The number of hydrogen-bond acceptors (Lipinski definition) is 9. The summed E-state index contributed by atoms with van der Waals surface area (Å²) in [6, 6.07) is 31.9. The van der Waals surface area contributed by atoms with Gasteiger partial charge in [0, 0.05) is 81.6 Å². The Labute approximate surface area is 341 Å². The predicted molar refractivity (Wildman–Crippen MR) is 226 cm³/mol. The number of nitrogens with one attached hydrogen (secondary N) is 2. The van der Waals surface area contributed by atoms with Gasteiger partial charge in [0.25, 0.3) is 5.91 Å². The molecule has 0 aromatic heterocycles. The first-order valence-electron chi connectivity index (χ1n) is 20.8. The number of fused-ring (bicyclic) bond motifs is 1. The molecular weight excluding hydrogens is 729 g/mol. The summed E-state index contributed by atoms with van der Waals surface area (Å²) >= 11 is 0. The molecule has 302 valence electrons. The van der Waals surface area contributed by atoms with Crippen molar-refractivity contribution in [3.8, 4) is 11.5 Å². The molecule has 0 spiro atoms. The number of carbonyl (C=O) groups is 3. The highest BCUT2D eigenvalue weighted by molar-refractivity contribution is 6.06. The lowest BCUT2D eigenvalue weighted by Gasteiger charge is -2.40. The lowest BCUT2D eigenvalue weighted by Crippen LogP contribution is -2.52. The van der Waals surface area contributed by atoms with Gasteiger partial charge in [0.2, 0.25) is 11.8 Å². The van der Waals surface area contributed by atoms with Gasteiger partial charge in [-0.05, 0) is 89.9 Å². The summed E-state index contributed by atoms with van der Waals surface area (Å²) in [5.74, 6) is 0.327. The van der Waals surface area contributed by atoms with Gasteiger partial charge in [0.15, 0.2) is 0 Å². The van der Waals surface area contributed by atoms with Crippen molar-refractivity contribution < 1.29 is 24.2 Å². The molecule has 4 aromatic rings. The number of ether oxygens (including phenoxy) is 1. The summed E-state index contributed by atoms with van der Waals surface area (Å²) in [6.07, 6.45) is 3.54. The number of anilines is 1. The van der Waals surface area contributed by atoms with E-state index >= 15 is 0 Å². The van der Waals surface area contributed by atoms with Gasteiger partial charge in [-0.2, -0.15) is 0 Å². The topological polar surface area (TPSA) is 118 Å². The maximum absolute atomic E-state index is 13.3. The van der Waals surface area contributed by atoms with Gasteiger partial charge < -0.3 is 20.1 Å². The lowest BCUT2D eigenvalue weighted by atomic mass is 9.88. The standard InChI is InChI=1S/C47H54N6O5/c1-2-39(33-7-4-3-5-8-33)45(34-11-15-37(54)16-12-34)35-13-17-38(18-14-35)58-30-29-50-25-27-52(28-26-50)32-51-23-21-36(22-24-51)48-42-10-6-9-40-41(42)31-53(47(40)57)43-19-20-44(55)49-46(43)56/h3-18,36,43,48,54H,2,19-32H2,1H3,(H,49,55,56)/b45-39-. The van der Waals surface area contributed by atoms with Gasteiger partial charge in [-0.1, -0.05) is 67.6 Å². The van der Waals surface area contributed by atoms with Crippen molar-refractivity contribution in [2.75, 3.05) is 64.4 Å². The van der Waals surface area contributed by atoms with E-state index in [2.05, 4.69) is 80.8 Å². The molecule has 4 aromatic carbocycles. The molecule has 3 amide bonds. The average molecular weight is 783 g/mol. The fourth-order valence-electron chi connectivity index (χ4n) is 8.91. The summed E-state index contributed by atoms with van der Waals surface area (Å²) < 4.78 is 6.24. The van der Waals surface area contributed by atoms with Crippen LogP contribution in [0.15, 0.2) is 97.1 Å². The van der Waals surface area contributed by atoms with Crippen LogP contribution in [-0.4, -0.2) is 114 Å². The number of allylic oxidation sites excluding steroid dienone is 1. The molecule has 1 atom stereocenters. The van der Waals surface area contributed by atoms with E-state index < -0.39 is 6.04 Å². The Hall–Kier alpha value is -5.49. The van der Waals surface area contributed by atoms with E-state index in [0.717, 1.165) is 105 Å². The predicted octanol–water partition coefficient (Wildman–Crippen LogP) is 6.05. The van der Waals surface area contributed by atoms with Crippen LogP contribution in [0.4, 0.5) is 5.69 Å². The molecule has 11 heteroatoms. The molecule has 0 bridgehead atoms. The molecule has 4 heterocycles. The fourth-order valence-corrected chi connectivity index (χ4v) is 8.91. The second kappa shape index (κ2) is 18.0. The van der Waals surface area contributed by atoms with E-state index in [1.54, 1.807) is 17.0 Å². The molecule has 58 heavy (non-hydrogen) atoms. The number of piperazine rings is 1. The van der Waals surface area contributed by atoms with Crippen LogP contribution in [-0.2, 0) is 16.1 Å². The van der Waals surface area contributed by atoms with Crippen LogP contribution < -0.4 is 15.4 Å². The van der Waals surface area contributed by atoms with Crippen molar-refractivity contribution >= 4 is 34.6 Å². The van der Waals surface area contributed by atoms with E-state index in [4.69, 9.17) is 4.74 Å². The monoisotopic (exact) mass is 782 g/mol. The molecule has 8 rings (SSSR count). The number of likely N-dealkylation sites (tertiary alicyclic amines) is 1. The third-order valence-corrected chi connectivity index (χ3v) is 12.1. The number of nitrogens with zero attached hydrogens (tertiary/aromatic N) is 4. The molecule has 4 aliphatic rings. The van der Waals surface area contributed by atoms with Crippen molar-refractivity contribution in [3.05, 3.63) is 125 Å². The molecule has 11 nitrogen and oxygen atoms in total. The Morgan fingerprint density at radius 1 is 0.759 bits per heavy atom. The maximum Gasteiger partial charge on any atom is 0.255 e. The molecule has 0 radical (unpaired) electrons. The number of aromatic hydroxyl groups is 1. The SMILES string of the molecule is CC/C(=C(\c1ccc(O)cc1)c1ccc(OCCN2CCN(CN3CCC(Nc4cccc5c4CN(C4CCC(=O)NC4=O)C5=O)CC3)CC2)cc1)c1ccccc1. The molecule has 0 saturated carbocycles. The van der Waals surface area contributed by atoms with Crippen LogP contribution in [0.1, 0.15) is 71.6 Å². The lowest BCUT2D eigenvalue weighted by molar-refractivity contribution is -0.136. The first-order valence-corrected chi connectivity index (χ1v) is 20.8. The van der Waals surface area contributed by atoms with Crippen molar-refractivity contribution in [1.82, 2.24) is 24.9 Å². The number of piperidine rings is 2. The van der Waals surface area contributed by atoms with Crippen LogP contribution >= 0.6 is 0 Å². The highest BCUT2D eigenvalue weighted by Gasteiger charge is 2.40. The van der Waals surface area contributed by atoms with Crippen LogP contribution in [0.25, 0.3) is 11.1 Å². The first kappa shape index (κ1) is 39.3. The quantitative estimate of drug-likeness (QED) is 0.110. The number of imide groups is 1. The highest BCUT2D eigenvalue weighted by Crippen LogP contribution is 2.36. The first-order chi connectivity index (χ1) is 28.3. The van der Waals surface area contributed by atoms with Gasteiger partial charge >= 0.3 is 0 Å². The molecule has 1 unspecified atom stereocenters. The number of phenolic OH excluding ortho intramolecular Hbond substituents is 1. The van der Waals surface area contributed by atoms with E-state index in [-0.39, 0.29) is 29.9 Å². The highest BCUT2D eigenvalue weighted by atomic mass is 16.5. The Balaban J connectivity index is 0.774. The minimum absolute atomic E-state index is 0.138. The molecule has 3 fully saturated rings. The average Bonchev–Trinajstić information content (AvgIpc) is 3.58. The largest absolute Gasteiger partial charge is 0.508 e. The number of carbonyl (C=O) groups excluding carboxylic acids is 3. The van der Waals surface area contributed by atoms with E-state index in [0.29, 0.717) is 31.2 Å². The van der Waals surface area contributed by atoms with Gasteiger partial charge in [-0.3, -0.25) is 34.4 Å². The van der Waals surface area contributed by atoms with E-state index in [1.807, 2.05) is 36.4 Å². The summed E-state index contributed by atoms with van der Waals surface area (Å²) in [6.45, 7) is 11.2. The second-order valence-electron chi connectivity index (χ2n) is 15.9. The van der Waals surface area contributed by atoms with Crippen molar-refractivity contribution in [2.24, 2.45) is 0 Å². The maximum atomic E-state index is 13.3. The summed E-state index contributed by atoms with van der Waals surface area (Å²) in [7, 11) is 0. The second-order valence-corrected chi connectivity index (χ2v) is 15.9. The van der Waals surface area contributed by atoms with Crippen molar-refractivity contribution in [1.29, 1.82) is 0 Å². The van der Waals surface area contributed by atoms with E-state index in [9.17, 15) is 19.5 Å². The third kappa shape index (κ3) is 8.97. The molecule has 4 aliphatic heterocycles. The Morgan fingerprint density at radius 2 is 1.43 bits per heavy atom. The minimum atomic E-state index is -0.608. The van der Waals surface area contributed by atoms with Crippen LogP contribution in [0.3, 0.4) is 0 Å². The number of phenols is 1. The number of hydrogen-bond donors (Lipinski definition) is 3. The van der Waals surface area contributed by atoms with Gasteiger partial charge in [-0.25, -0.2) is 0 Å². The van der Waals surface area contributed by atoms with E-state index in [1.165, 1.54) is 11.1 Å². The number of benzene rings is 4. The van der Waals surface area contributed by atoms with Crippen LogP contribution in [0, 0.1) is 0 Å². The smallest absolute Gasteiger partial charge is 0.255 e. The summed E-state index contributed by atoms with van der Waals surface area (Å²) in [5, 5.41) is 16.1. The van der Waals surface area contributed by atoms with Crippen LogP contribution in [0.5, 0.6) is 11.5 Å². The zero-order valence-electron chi connectivity index (χ0n) is 33.4. The molecule has 3 saturated heterocycles. The zero-order valence-corrected chi connectivity index (χ0v) is 33.4. The molecular formula is C47H54N6O5. The van der Waals surface area contributed by atoms with Gasteiger partial charge in [-0.15, -0.1) is 0 Å². The van der Waals surface area contributed by atoms with Crippen molar-refractivity contribution in [3.63, 3.8) is 0 Å². The number of amides is 3. The summed E-state index contributed by atoms with van der Waals surface area (Å²) in [4.78, 5) is 46.7. The Bertz CT molecular complexity index is 2110. The number of rotatable bonds is 13. The third-order valence-electron chi connectivity index (χ3n) is 12.1. The van der Waals surface area contributed by atoms with Crippen molar-refractivity contribution in [2.45, 2.75) is 57.7 Å². The van der Waals surface area contributed by atoms with Gasteiger partial charge in [0.1, 0.15) is 24.1 Å². The van der Waals surface area contributed by atoms with Crippen LogP contribution in [0.2, 0.25) is 0 Å². The minimum Gasteiger partial charge on any atom is -0.508 e.